The van der Waals surface area contributed by atoms with Crippen LogP contribution in [0.4, 0.5) is 5.82 Å². The molecule has 1 aliphatic heterocycles. The van der Waals surface area contributed by atoms with Gasteiger partial charge in [0, 0.05) is 11.9 Å². The third kappa shape index (κ3) is 3.74. The molecule has 1 aromatic carbocycles. The van der Waals surface area contributed by atoms with E-state index in [4.69, 9.17) is 33.0 Å². The monoisotopic (exact) mass is 368 g/mol. The Morgan fingerprint density at radius 3 is 2.92 bits per heavy atom. The predicted octanol–water partition coefficient (Wildman–Crippen LogP) is 4.00. The topological polar surface area (TPSA) is 62.7 Å². The number of pyridine rings is 1. The molecule has 3 rings (SSSR count). The van der Waals surface area contributed by atoms with Gasteiger partial charge in [0.2, 0.25) is 0 Å². The molecule has 24 heavy (non-hydrogen) atoms. The van der Waals surface area contributed by atoms with Crippen molar-refractivity contribution in [2.45, 2.75) is 25.3 Å². The highest BCUT2D eigenvalue weighted by molar-refractivity contribution is 6.45. The van der Waals surface area contributed by atoms with Crippen LogP contribution in [-0.4, -0.2) is 41.9 Å². The van der Waals surface area contributed by atoms with Crippen molar-refractivity contribution in [3.8, 4) is 0 Å². The quantitative estimate of drug-likeness (QED) is 0.780. The normalized spacial score (nSPS) is 17.6. The summed E-state index contributed by atoms with van der Waals surface area (Å²) in [6.45, 7) is 1.62. The van der Waals surface area contributed by atoms with Gasteiger partial charge in [-0.3, -0.25) is 4.79 Å². The number of hydrogen-bond acceptors (Lipinski definition) is 4. The number of nitrogens with zero attached hydrogens (tertiary/aromatic N) is 2. The molecule has 1 N–H and O–H groups in total. The van der Waals surface area contributed by atoms with Crippen LogP contribution in [0, 0.1) is 0 Å². The maximum Gasteiger partial charge on any atom is 0.305 e. The van der Waals surface area contributed by atoms with Crippen molar-refractivity contribution in [1.82, 2.24) is 4.98 Å². The Bertz CT molecular complexity index is 754. The van der Waals surface area contributed by atoms with E-state index >= 15 is 0 Å². The summed E-state index contributed by atoms with van der Waals surface area (Å²) in [5.74, 6) is -0.00278. The van der Waals surface area contributed by atoms with E-state index in [1.807, 2.05) is 18.2 Å². The highest BCUT2D eigenvalue weighted by atomic mass is 35.5. The maximum atomic E-state index is 10.5. The first kappa shape index (κ1) is 17.3. The molecule has 0 amide bonds. The van der Waals surface area contributed by atoms with E-state index in [1.54, 1.807) is 6.07 Å². The Morgan fingerprint density at radius 1 is 1.33 bits per heavy atom. The van der Waals surface area contributed by atoms with Crippen molar-refractivity contribution in [2.75, 3.05) is 24.7 Å². The number of anilines is 1. The maximum absolute atomic E-state index is 10.5. The van der Waals surface area contributed by atoms with Gasteiger partial charge >= 0.3 is 5.97 Å². The smallest absolute Gasteiger partial charge is 0.305 e. The molecular formula is C17H18Cl2N2O3. The van der Waals surface area contributed by atoms with Crippen LogP contribution >= 0.6 is 23.2 Å². The second-order valence-corrected chi connectivity index (χ2v) is 6.60. The van der Waals surface area contributed by atoms with Crippen molar-refractivity contribution in [3.05, 3.63) is 34.3 Å². The van der Waals surface area contributed by atoms with E-state index in [0.717, 1.165) is 30.6 Å². The minimum Gasteiger partial charge on any atom is -0.481 e. The summed E-state index contributed by atoms with van der Waals surface area (Å²) in [7, 11) is 0. The molecule has 128 valence electrons. The van der Waals surface area contributed by atoms with Crippen molar-refractivity contribution in [3.63, 3.8) is 0 Å². The number of hydrogen-bond donors (Lipinski definition) is 1. The van der Waals surface area contributed by atoms with Crippen molar-refractivity contribution in [1.29, 1.82) is 0 Å². The van der Waals surface area contributed by atoms with Crippen LogP contribution in [0.3, 0.4) is 0 Å². The Kier molecular flexibility index (Phi) is 5.43. The minimum absolute atomic E-state index is 0.0229. The fraction of sp³-hybridized carbons (Fsp3) is 0.412. The van der Waals surface area contributed by atoms with Gasteiger partial charge in [0.25, 0.3) is 0 Å². The number of carbonyl (C=O) groups is 1. The molecule has 1 aliphatic rings. The number of halogens is 2. The first-order valence-electron chi connectivity index (χ1n) is 7.87. The molecule has 0 unspecified atom stereocenters. The summed E-state index contributed by atoms with van der Waals surface area (Å²) >= 11 is 12.4. The van der Waals surface area contributed by atoms with E-state index in [-0.39, 0.29) is 19.1 Å². The zero-order valence-corrected chi connectivity index (χ0v) is 14.6. The number of ether oxygens (including phenoxy) is 1. The summed E-state index contributed by atoms with van der Waals surface area (Å²) < 4.78 is 5.51. The minimum atomic E-state index is -0.846. The van der Waals surface area contributed by atoms with E-state index in [1.165, 1.54) is 0 Å². The summed E-state index contributed by atoms with van der Waals surface area (Å²) in [6, 6.07) is 7.82. The number of fused-ring (bicyclic) bond motifs is 1. The molecule has 1 aromatic heterocycles. The van der Waals surface area contributed by atoms with Gasteiger partial charge in [0.05, 0.1) is 41.2 Å². The highest BCUT2D eigenvalue weighted by Gasteiger charge is 2.26. The lowest BCUT2D eigenvalue weighted by Crippen LogP contribution is -2.34. The summed E-state index contributed by atoms with van der Waals surface area (Å²) in [5.41, 5.74) is 0.694. The third-order valence-electron chi connectivity index (χ3n) is 4.18. The van der Waals surface area contributed by atoms with Gasteiger partial charge in [-0.05, 0) is 31.0 Å². The first-order valence-corrected chi connectivity index (χ1v) is 8.63. The number of aromatic nitrogens is 1. The van der Waals surface area contributed by atoms with E-state index < -0.39 is 5.97 Å². The molecule has 5 nitrogen and oxygen atoms in total. The van der Waals surface area contributed by atoms with Crippen molar-refractivity contribution >= 4 is 45.9 Å². The molecule has 7 heteroatoms. The van der Waals surface area contributed by atoms with Crippen LogP contribution < -0.4 is 4.90 Å². The number of carboxylic acid groups (broad SMARTS) is 1. The number of benzene rings is 1. The SMILES string of the molecule is O=C(O)CCOC[C@@H]1CCCN1c1ccc2ccc(Cl)c(Cl)c2n1. The van der Waals surface area contributed by atoms with Crippen LogP contribution in [0.1, 0.15) is 19.3 Å². The molecule has 0 spiro atoms. The number of carboxylic acids is 1. The number of aliphatic carboxylic acids is 1. The standard InChI is InChI=1S/C17H18Cl2N2O3/c18-13-5-3-11-4-6-14(20-17(11)16(13)19)21-8-1-2-12(21)10-24-9-7-15(22)23/h3-6,12H,1-2,7-10H2,(H,22,23)/t12-/m0/s1. The second kappa shape index (κ2) is 7.55. The molecule has 0 saturated carbocycles. The van der Waals surface area contributed by atoms with Gasteiger partial charge in [-0.1, -0.05) is 29.3 Å². The fourth-order valence-corrected chi connectivity index (χ4v) is 3.34. The molecule has 0 aliphatic carbocycles. The lowest BCUT2D eigenvalue weighted by molar-refractivity contribution is -0.138. The summed E-state index contributed by atoms with van der Waals surface area (Å²) in [4.78, 5) is 17.4. The molecule has 0 radical (unpaired) electrons. The van der Waals surface area contributed by atoms with Gasteiger partial charge in [-0.25, -0.2) is 4.98 Å². The van der Waals surface area contributed by atoms with E-state index in [2.05, 4.69) is 9.88 Å². The van der Waals surface area contributed by atoms with Crippen LogP contribution in [0.2, 0.25) is 10.0 Å². The summed E-state index contributed by atoms with van der Waals surface area (Å²) in [6.07, 6.45) is 2.07. The third-order valence-corrected chi connectivity index (χ3v) is 4.97. The Balaban J connectivity index is 1.75. The van der Waals surface area contributed by atoms with Crippen LogP contribution in [-0.2, 0) is 9.53 Å². The van der Waals surface area contributed by atoms with E-state index in [0.29, 0.717) is 22.2 Å². The Hall–Kier alpha value is -1.56. The van der Waals surface area contributed by atoms with Gasteiger partial charge in [0.1, 0.15) is 5.82 Å². The Morgan fingerprint density at radius 2 is 2.12 bits per heavy atom. The lowest BCUT2D eigenvalue weighted by Gasteiger charge is -2.26. The lowest BCUT2D eigenvalue weighted by atomic mass is 10.2. The molecule has 1 saturated heterocycles. The average Bonchev–Trinajstić information content (AvgIpc) is 3.03. The van der Waals surface area contributed by atoms with Gasteiger partial charge < -0.3 is 14.7 Å². The van der Waals surface area contributed by atoms with Crippen molar-refractivity contribution < 1.29 is 14.6 Å². The summed E-state index contributed by atoms with van der Waals surface area (Å²) in [5, 5.41) is 10.6. The average molecular weight is 369 g/mol. The molecule has 0 bridgehead atoms. The fourth-order valence-electron chi connectivity index (χ4n) is 2.97. The first-order chi connectivity index (χ1) is 11.6. The van der Waals surface area contributed by atoms with Crippen molar-refractivity contribution in [2.24, 2.45) is 0 Å². The van der Waals surface area contributed by atoms with Gasteiger partial charge in [-0.2, -0.15) is 0 Å². The zero-order valence-electron chi connectivity index (χ0n) is 13.0. The largest absolute Gasteiger partial charge is 0.481 e. The molecule has 2 heterocycles. The van der Waals surface area contributed by atoms with E-state index in [9.17, 15) is 4.79 Å². The molecule has 1 fully saturated rings. The predicted molar refractivity (Wildman–Crippen MR) is 95.2 cm³/mol. The molecule has 2 aromatic rings. The van der Waals surface area contributed by atoms with Crippen LogP contribution in [0.25, 0.3) is 10.9 Å². The zero-order chi connectivity index (χ0) is 17.1. The van der Waals surface area contributed by atoms with Crippen LogP contribution in [0.5, 0.6) is 0 Å². The van der Waals surface area contributed by atoms with Crippen LogP contribution in [0.15, 0.2) is 24.3 Å². The van der Waals surface area contributed by atoms with Gasteiger partial charge in [-0.15, -0.1) is 0 Å². The number of rotatable bonds is 6. The van der Waals surface area contributed by atoms with Gasteiger partial charge in [0.15, 0.2) is 0 Å². The molecule has 1 atom stereocenters. The molecular weight excluding hydrogens is 351 g/mol. The Labute approximate surface area is 150 Å². The second-order valence-electron chi connectivity index (χ2n) is 5.81. The highest BCUT2D eigenvalue weighted by Crippen LogP contribution is 2.32.